The molecule has 1 aliphatic carbocycles. The SMILES string of the molecule is OC1CCCC(Oc2cccc(F)c2F)C1. The van der Waals surface area contributed by atoms with Gasteiger partial charge in [0, 0.05) is 6.42 Å². The standard InChI is InChI=1S/C12H14F2O2/c13-10-5-2-6-11(12(10)14)16-9-4-1-3-8(15)7-9/h2,5-6,8-9,15H,1,3-4,7H2. The van der Waals surface area contributed by atoms with Gasteiger partial charge in [0.25, 0.3) is 0 Å². The summed E-state index contributed by atoms with van der Waals surface area (Å²) >= 11 is 0. The summed E-state index contributed by atoms with van der Waals surface area (Å²) in [6.45, 7) is 0. The third-order valence-corrected chi connectivity index (χ3v) is 2.81. The first-order chi connectivity index (χ1) is 7.66. The van der Waals surface area contributed by atoms with Crippen LogP contribution in [0.1, 0.15) is 25.7 Å². The average Bonchev–Trinajstić information content (AvgIpc) is 2.25. The maximum Gasteiger partial charge on any atom is 0.200 e. The van der Waals surface area contributed by atoms with E-state index in [1.54, 1.807) is 0 Å². The summed E-state index contributed by atoms with van der Waals surface area (Å²) in [5, 5.41) is 9.43. The van der Waals surface area contributed by atoms with E-state index in [1.807, 2.05) is 0 Å². The molecule has 2 unspecified atom stereocenters. The van der Waals surface area contributed by atoms with Crippen molar-refractivity contribution in [3.8, 4) is 5.75 Å². The van der Waals surface area contributed by atoms with Crippen molar-refractivity contribution in [3.63, 3.8) is 0 Å². The van der Waals surface area contributed by atoms with Gasteiger partial charge >= 0.3 is 0 Å². The molecule has 1 fully saturated rings. The quantitative estimate of drug-likeness (QED) is 0.843. The van der Waals surface area contributed by atoms with Gasteiger partial charge in [-0.3, -0.25) is 0 Å². The molecule has 0 heterocycles. The molecule has 0 amide bonds. The average molecular weight is 228 g/mol. The fourth-order valence-corrected chi connectivity index (χ4v) is 1.98. The Morgan fingerprint density at radius 3 is 2.81 bits per heavy atom. The fourth-order valence-electron chi connectivity index (χ4n) is 1.98. The van der Waals surface area contributed by atoms with E-state index >= 15 is 0 Å². The second kappa shape index (κ2) is 4.78. The third kappa shape index (κ3) is 2.50. The molecular weight excluding hydrogens is 214 g/mol. The molecule has 0 aliphatic heterocycles. The summed E-state index contributed by atoms with van der Waals surface area (Å²) in [6, 6.07) is 3.87. The van der Waals surface area contributed by atoms with Crippen LogP contribution in [0.4, 0.5) is 8.78 Å². The number of aliphatic hydroxyl groups excluding tert-OH is 1. The molecule has 0 spiro atoms. The number of aliphatic hydroxyl groups is 1. The van der Waals surface area contributed by atoms with Crippen LogP contribution in [0.25, 0.3) is 0 Å². The Labute approximate surface area is 92.9 Å². The number of ether oxygens (including phenoxy) is 1. The Hall–Kier alpha value is -1.16. The van der Waals surface area contributed by atoms with Gasteiger partial charge in [0.05, 0.1) is 6.10 Å². The maximum atomic E-state index is 13.3. The Balaban J connectivity index is 2.05. The number of halogens is 2. The van der Waals surface area contributed by atoms with Gasteiger partial charge in [0.2, 0.25) is 5.82 Å². The number of hydrogen-bond acceptors (Lipinski definition) is 2. The molecule has 1 N–H and O–H groups in total. The first kappa shape index (κ1) is 11.3. The van der Waals surface area contributed by atoms with Crippen molar-refractivity contribution in [3.05, 3.63) is 29.8 Å². The van der Waals surface area contributed by atoms with Crippen molar-refractivity contribution in [2.75, 3.05) is 0 Å². The van der Waals surface area contributed by atoms with E-state index in [-0.39, 0.29) is 11.9 Å². The maximum absolute atomic E-state index is 13.3. The summed E-state index contributed by atoms with van der Waals surface area (Å²) in [5.74, 6) is -1.93. The first-order valence-electron chi connectivity index (χ1n) is 5.45. The van der Waals surface area contributed by atoms with Gasteiger partial charge < -0.3 is 9.84 Å². The Morgan fingerprint density at radius 2 is 2.06 bits per heavy atom. The molecule has 1 aliphatic rings. The van der Waals surface area contributed by atoms with Crippen molar-refractivity contribution < 1.29 is 18.6 Å². The van der Waals surface area contributed by atoms with Crippen LogP contribution in [0.5, 0.6) is 5.75 Å². The van der Waals surface area contributed by atoms with Crippen LogP contribution in [0, 0.1) is 11.6 Å². The summed E-state index contributed by atoms with van der Waals surface area (Å²) in [6.07, 6.45) is 2.24. The highest BCUT2D eigenvalue weighted by Gasteiger charge is 2.22. The van der Waals surface area contributed by atoms with Crippen molar-refractivity contribution in [2.24, 2.45) is 0 Å². The summed E-state index contributed by atoms with van der Waals surface area (Å²) in [7, 11) is 0. The minimum absolute atomic E-state index is 0.0703. The predicted octanol–water partition coefficient (Wildman–Crippen LogP) is 2.65. The highest BCUT2D eigenvalue weighted by atomic mass is 19.2. The minimum Gasteiger partial charge on any atom is -0.487 e. The molecule has 4 heteroatoms. The lowest BCUT2D eigenvalue weighted by Crippen LogP contribution is -2.28. The minimum atomic E-state index is -0.956. The van der Waals surface area contributed by atoms with Crippen LogP contribution in [0.3, 0.4) is 0 Å². The number of hydrogen-bond donors (Lipinski definition) is 1. The highest BCUT2D eigenvalue weighted by molar-refractivity contribution is 5.25. The largest absolute Gasteiger partial charge is 0.487 e. The van der Waals surface area contributed by atoms with Gasteiger partial charge in [-0.05, 0) is 31.4 Å². The molecule has 0 bridgehead atoms. The monoisotopic (exact) mass is 228 g/mol. The Morgan fingerprint density at radius 1 is 1.25 bits per heavy atom. The van der Waals surface area contributed by atoms with Crippen LogP contribution in [0.2, 0.25) is 0 Å². The molecule has 1 aromatic carbocycles. The molecule has 0 radical (unpaired) electrons. The van der Waals surface area contributed by atoms with Gasteiger partial charge in [-0.1, -0.05) is 6.07 Å². The Bertz CT molecular complexity index is 368. The molecule has 2 rings (SSSR count). The zero-order valence-corrected chi connectivity index (χ0v) is 8.83. The van der Waals surface area contributed by atoms with E-state index in [2.05, 4.69) is 0 Å². The van der Waals surface area contributed by atoms with E-state index in [4.69, 9.17) is 4.74 Å². The number of benzene rings is 1. The van der Waals surface area contributed by atoms with Gasteiger partial charge in [-0.25, -0.2) is 4.39 Å². The van der Waals surface area contributed by atoms with Crippen LogP contribution in [-0.2, 0) is 0 Å². The lowest BCUT2D eigenvalue weighted by molar-refractivity contribution is 0.0513. The lowest BCUT2D eigenvalue weighted by Gasteiger charge is -2.26. The number of rotatable bonds is 2. The lowest BCUT2D eigenvalue weighted by atomic mass is 9.95. The molecule has 2 nitrogen and oxygen atoms in total. The van der Waals surface area contributed by atoms with Crippen molar-refractivity contribution >= 4 is 0 Å². The molecule has 1 saturated carbocycles. The van der Waals surface area contributed by atoms with E-state index < -0.39 is 17.7 Å². The third-order valence-electron chi connectivity index (χ3n) is 2.81. The van der Waals surface area contributed by atoms with E-state index in [1.165, 1.54) is 12.1 Å². The van der Waals surface area contributed by atoms with E-state index in [0.717, 1.165) is 25.3 Å². The van der Waals surface area contributed by atoms with Gasteiger partial charge in [0.1, 0.15) is 6.10 Å². The van der Waals surface area contributed by atoms with Crippen LogP contribution >= 0.6 is 0 Å². The molecule has 1 aromatic rings. The van der Waals surface area contributed by atoms with Crippen LogP contribution < -0.4 is 4.74 Å². The van der Waals surface area contributed by atoms with Gasteiger partial charge in [0.15, 0.2) is 11.6 Å². The molecular formula is C12H14F2O2. The highest BCUT2D eigenvalue weighted by Crippen LogP contribution is 2.26. The molecule has 2 atom stereocenters. The fraction of sp³-hybridized carbons (Fsp3) is 0.500. The molecule has 88 valence electrons. The molecule has 16 heavy (non-hydrogen) atoms. The first-order valence-corrected chi connectivity index (χ1v) is 5.45. The Kier molecular flexibility index (Phi) is 3.39. The zero-order valence-electron chi connectivity index (χ0n) is 8.83. The van der Waals surface area contributed by atoms with Crippen LogP contribution in [0.15, 0.2) is 18.2 Å². The van der Waals surface area contributed by atoms with E-state index in [0.29, 0.717) is 6.42 Å². The predicted molar refractivity (Wildman–Crippen MR) is 55.2 cm³/mol. The normalized spacial score (nSPS) is 25.4. The molecule has 0 saturated heterocycles. The van der Waals surface area contributed by atoms with Crippen molar-refractivity contribution in [1.82, 2.24) is 0 Å². The summed E-state index contributed by atoms with van der Waals surface area (Å²) in [4.78, 5) is 0. The van der Waals surface area contributed by atoms with Crippen molar-refractivity contribution in [1.29, 1.82) is 0 Å². The van der Waals surface area contributed by atoms with Crippen molar-refractivity contribution in [2.45, 2.75) is 37.9 Å². The van der Waals surface area contributed by atoms with Crippen LogP contribution in [-0.4, -0.2) is 17.3 Å². The smallest absolute Gasteiger partial charge is 0.200 e. The molecule has 0 aromatic heterocycles. The summed E-state index contributed by atoms with van der Waals surface area (Å²) < 4.78 is 31.6. The second-order valence-corrected chi connectivity index (χ2v) is 4.11. The van der Waals surface area contributed by atoms with Gasteiger partial charge in [-0.2, -0.15) is 4.39 Å². The second-order valence-electron chi connectivity index (χ2n) is 4.11. The zero-order chi connectivity index (χ0) is 11.5. The van der Waals surface area contributed by atoms with E-state index in [9.17, 15) is 13.9 Å². The van der Waals surface area contributed by atoms with Gasteiger partial charge in [-0.15, -0.1) is 0 Å². The summed E-state index contributed by atoms with van der Waals surface area (Å²) in [5.41, 5.74) is 0. The topological polar surface area (TPSA) is 29.5 Å².